The Kier molecular flexibility index (Phi) is 8.96. The first kappa shape index (κ1) is 22.6. The molecule has 1 aromatic carbocycles. The fraction of sp³-hybridized carbons (Fsp3) is 0.565. The molecule has 1 aliphatic heterocycles. The smallest absolute Gasteiger partial charge is 0.191 e. The van der Waals surface area contributed by atoms with Gasteiger partial charge in [-0.25, -0.2) is 4.98 Å². The molecule has 3 rings (SSSR count). The third kappa shape index (κ3) is 6.99. The van der Waals surface area contributed by atoms with Gasteiger partial charge in [0.05, 0.1) is 6.54 Å². The van der Waals surface area contributed by atoms with Crippen molar-refractivity contribution < 1.29 is 0 Å². The first-order valence-electron chi connectivity index (χ1n) is 11.1. The molecule has 1 fully saturated rings. The van der Waals surface area contributed by atoms with Crippen molar-refractivity contribution in [3.8, 4) is 0 Å². The van der Waals surface area contributed by atoms with Gasteiger partial charge in [-0.05, 0) is 50.4 Å². The van der Waals surface area contributed by atoms with Gasteiger partial charge in [-0.2, -0.15) is 0 Å². The molecule has 0 amide bonds. The predicted molar refractivity (Wildman–Crippen MR) is 129 cm³/mol. The van der Waals surface area contributed by atoms with Gasteiger partial charge >= 0.3 is 0 Å². The number of anilines is 1. The Balaban J connectivity index is 1.27. The molecule has 30 heavy (non-hydrogen) atoms. The van der Waals surface area contributed by atoms with Gasteiger partial charge in [0, 0.05) is 56.5 Å². The second-order valence-electron chi connectivity index (χ2n) is 7.80. The number of piperazine rings is 1. The molecule has 0 radical (unpaired) electrons. The molecule has 1 saturated heterocycles. The average molecular weight is 429 g/mol. The minimum atomic E-state index is 0.732. The Hall–Kier alpha value is -2.12. The van der Waals surface area contributed by atoms with E-state index in [1.165, 1.54) is 29.1 Å². The summed E-state index contributed by atoms with van der Waals surface area (Å²) in [6.45, 7) is 11.7. The second-order valence-corrected chi connectivity index (χ2v) is 9.00. The van der Waals surface area contributed by atoms with E-state index >= 15 is 0 Å². The Morgan fingerprint density at radius 3 is 2.70 bits per heavy atom. The van der Waals surface area contributed by atoms with Crippen LogP contribution in [-0.2, 0) is 13.0 Å². The number of hydrogen-bond donors (Lipinski definition) is 2. The monoisotopic (exact) mass is 428 g/mol. The number of hydrogen-bond acceptors (Lipinski definition) is 5. The topological polar surface area (TPSA) is 55.8 Å². The fourth-order valence-electron chi connectivity index (χ4n) is 3.69. The molecule has 6 nitrogen and oxygen atoms in total. The van der Waals surface area contributed by atoms with Gasteiger partial charge in [0.1, 0.15) is 5.01 Å². The van der Waals surface area contributed by atoms with Gasteiger partial charge in [-0.3, -0.25) is 9.89 Å². The van der Waals surface area contributed by atoms with E-state index in [1.807, 2.05) is 13.2 Å². The molecular weight excluding hydrogens is 392 g/mol. The van der Waals surface area contributed by atoms with Crippen LogP contribution in [-0.4, -0.2) is 62.2 Å². The predicted octanol–water partition coefficient (Wildman–Crippen LogP) is 3.28. The lowest BCUT2D eigenvalue weighted by Crippen LogP contribution is -2.46. The average Bonchev–Trinajstić information content (AvgIpc) is 3.24. The summed E-state index contributed by atoms with van der Waals surface area (Å²) in [5, 5.41) is 7.89. The number of benzene rings is 1. The van der Waals surface area contributed by atoms with E-state index in [1.54, 1.807) is 11.3 Å². The molecule has 2 N–H and O–H groups in total. The molecule has 7 heteroatoms. The summed E-state index contributed by atoms with van der Waals surface area (Å²) in [6.07, 6.45) is 5.38. The summed E-state index contributed by atoms with van der Waals surface area (Å²) < 4.78 is 0. The third-order valence-electron chi connectivity index (χ3n) is 5.51. The van der Waals surface area contributed by atoms with E-state index in [-0.39, 0.29) is 0 Å². The summed E-state index contributed by atoms with van der Waals surface area (Å²) in [6, 6.07) is 8.84. The Morgan fingerprint density at radius 1 is 1.17 bits per heavy atom. The zero-order chi connectivity index (χ0) is 21.2. The maximum absolute atomic E-state index is 4.45. The van der Waals surface area contributed by atoms with Crippen LogP contribution in [0.2, 0.25) is 0 Å². The van der Waals surface area contributed by atoms with Crippen molar-refractivity contribution in [1.29, 1.82) is 0 Å². The molecule has 2 aromatic rings. The largest absolute Gasteiger partial charge is 0.369 e. The molecule has 0 unspecified atom stereocenters. The van der Waals surface area contributed by atoms with Gasteiger partial charge in [0.2, 0.25) is 0 Å². The number of nitrogens with zero attached hydrogens (tertiary/aromatic N) is 4. The van der Waals surface area contributed by atoms with E-state index in [4.69, 9.17) is 0 Å². The van der Waals surface area contributed by atoms with Gasteiger partial charge < -0.3 is 15.5 Å². The zero-order valence-corrected chi connectivity index (χ0v) is 19.5. The summed E-state index contributed by atoms with van der Waals surface area (Å²) in [5.41, 5.74) is 2.70. The summed E-state index contributed by atoms with van der Waals surface area (Å²) in [4.78, 5) is 15.2. The Bertz CT molecular complexity index is 794. The highest BCUT2D eigenvalue weighted by molar-refractivity contribution is 7.11. The normalized spacial score (nSPS) is 15.4. The lowest BCUT2D eigenvalue weighted by molar-refractivity contribution is 0.253. The first-order chi connectivity index (χ1) is 14.7. The standard InChI is InChI=1S/C23H36N6S/c1-4-21-17-26-22(30-21)18-27-23(24-3)25-10-5-6-11-28-12-14-29(15-13-28)20-9-7-8-19(2)16-20/h7-9,16-17H,4-6,10-15,18H2,1-3H3,(H2,24,25,27). The maximum atomic E-state index is 4.45. The van der Waals surface area contributed by atoms with E-state index in [9.17, 15) is 0 Å². The molecule has 0 saturated carbocycles. The quantitative estimate of drug-likeness (QED) is 0.365. The maximum Gasteiger partial charge on any atom is 0.191 e. The van der Waals surface area contributed by atoms with Crippen molar-refractivity contribution >= 4 is 23.0 Å². The molecule has 0 atom stereocenters. The highest BCUT2D eigenvalue weighted by atomic mass is 32.1. The van der Waals surface area contributed by atoms with Crippen molar-refractivity contribution in [2.45, 2.75) is 39.7 Å². The third-order valence-corrected chi connectivity index (χ3v) is 6.65. The molecule has 0 spiro atoms. The van der Waals surface area contributed by atoms with Crippen molar-refractivity contribution in [2.24, 2.45) is 4.99 Å². The van der Waals surface area contributed by atoms with Gasteiger partial charge in [-0.1, -0.05) is 19.1 Å². The minimum absolute atomic E-state index is 0.732. The van der Waals surface area contributed by atoms with E-state index in [2.05, 4.69) is 68.5 Å². The fourth-order valence-corrected chi connectivity index (χ4v) is 4.50. The number of aromatic nitrogens is 1. The lowest BCUT2D eigenvalue weighted by atomic mass is 10.2. The molecular formula is C23H36N6S. The summed E-state index contributed by atoms with van der Waals surface area (Å²) >= 11 is 1.77. The number of guanidine groups is 1. The first-order valence-corrected chi connectivity index (χ1v) is 11.9. The van der Waals surface area contributed by atoms with Crippen LogP contribution in [0.3, 0.4) is 0 Å². The lowest BCUT2D eigenvalue weighted by Gasteiger charge is -2.36. The van der Waals surface area contributed by atoms with Crippen LogP contribution in [0.5, 0.6) is 0 Å². The van der Waals surface area contributed by atoms with Crippen LogP contribution in [0.15, 0.2) is 35.5 Å². The van der Waals surface area contributed by atoms with Gasteiger partial charge in [0.25, 0.3) is 0 Å². The van der Waals surface area contributed by atoms with Gasteiger partial charge in [-0.15, -0.1) is 11.3 Å². The number of unbranched alkanes of at least 4 members (excludes halogenated alkanes) is 1. The Morgan fingerprint density at radius 2 is 2.00 bits per heavy atom. The number of nitrogens with one attached hydrogen (secondary N) is 2. The van der Waals surface area contributed by atoms with Crippen molar-refractivity contribution in [1.82, 2.24) is 20.5 Å². The van der Waals surface area contributed by atoms with Crippen LogP contribution < -0.4 is 15.5 Å². The molecule has 1 aromatic heterocycles. The molecule has 2 heterocycles. The van der Waals surface area contributed by atoms with E-state index < -0.39 is 0 Å². The number of aliphatic imine (C=N–C) groups is 1. The number of thiazole rings is 1. The molecule has 1 aliphatic rings. The van der Waals surface area contributed by atoms with E-state index in [0.717, 1.165) is 63.1 Å². The van der Waals surface area contributed by atoms with Crippen LogP contribution >= 0.6 is 11.3 Å². The SMILES string of the molecule is CCc1cnc(CNC(=NC)NCCCCN2CCN(c3cccc(C)c3)CC2)s1. The summed E-state index contributed by atoms with van der Waals surface area (Å²) in [5.74, 6) is 0.856. The number of aryl methyl sites for hydroxylation is 2. The second kappa shape index (κ2) is 11.9. The van der Waals surface area contributed by atoms with E-state index in [0.29, 0.717) is 0 Å². The van der Waals surface area contributed by atoms with Crippen LogP contribution in [0.4, 0.5) is 5.69 Å². The minimum Gasteiger partial charge on any atom is -0.369 e. The summed E-state index contributed by atoms with van der Waals surface area (Å²) in [7, 11) is 1.82. The van der Waals surface area contributed by atoms with Crippen molar-refractivity contribution in [3.05, 3.63) is 45.9 Å². The molecule has 0 aliphatic carbocycles. The van der Waals surface area contributed by atoms with Crippen molar-refractivity contribution in [2.75, 3.05) is 51.2 Å². The van der Waals surface area contributed by atoms with Crippen molar-refractivity contribution in [3.63, 3.8) is 0 Å². The zero-order valence-electron chi connectivity index (χ0n) is 18.7. The molecule has 0 bridgehead atoms. The molecule has 164 valence electrons. The van der Waals surface area contributed by atoms with Crippen LogP contribution in [0.1, 0.15) is 35.2 Å². The highest BCUT2D eigenvalue weighted by Gasteiger charge is 2.16. The number of rotatable bonds is 9. The van der Waals surface area contributed by atoms with Crippen LogP contribution in [0.25, 0.3) is 0 Å². The highest BCUT2D eigenvalue weighted by Crippen LogP contribution is 2.18. The van der Waals surface area contributed by atoms with Crippen LogP contribution in [0, 0.1) is 6.92 Å². The Labute approximate surface area is 185 Å². The van der Waals surface area contributed by atoms with Gasteiger partial charge in [0.15, 0.2) is 5.96 Å².